The van der Waals surface area contributed by atoms with Gasteiger partial charge in [-0.3, -0.25) is 4.99 Å². The third-order valence-corrected chi connectivity index (χ3v) is 3.63. The molecule has 0 unspecified atom stereocenters. The molecule has 0 spiro atoms. The number of benzene rings is 2. The summed E-state index contributed by atoms with van der Waals surface area (Å²) in [5.41, 5.74) is 3.79. The van der Waals surface area contributed by atoms with Crippen molar-refractivity contribution in [1.29, 1.82) is 0 Å². The fourth-order valence-electron chi connectivity index (χ4n) is 2.56. The maximum absolute atomic E-state index is 4.34. The largest absolute Gasteiger partial charge is 0.356 e. The first-order chi connectivity index (χ1) is 10.9. The van der Waals surface area contributed by atoms with Crippen LogP contribution in [0.5, 0.6) is 0 Å². The number of aliphatic imine (C=N–C) groups is 1. The maximum Gasteiger partial charge on any atom is 0.191 e. The second kappa shape index (κ2) is 7.46. The van der Waals surface area contributed by atoms with Gasteiger partial charge in [-0.2, -0.15) is 0 Å². The molecule has 1 aliphatic heterocycles. The van der Waals surface area contributed by atoms with Gasteiger partial charge in [-0.1, -0.05) is 66.7 Å². The normalized spacial score (nSPS) is 13.2. The molecule has 2 aromatic carbocycles. The molecule has 0 radical (unpaired) electrons. The molecule has 1 aliphatic rings. The number of nitrogens with one attached hydrogen (secondary N) is 2. The van der Waals surface area contributed by atoms with Gasteiger partial charge < -0.3 is 10.6 Å². The first kappa shape index (κ1) is 14.4. The Morgan fingerprint density at radius 3 is 2.18 bits per heavy atom. The molecule has 0 atom stereocenters. The molecule has 112 valence electrons. The molecule has 2 aromatic rings. The van der Waals surface area contributed by atoms with E-state index in [0.29, 0.717) is 0 Å². The minimum Gasteiger partial charge on any atom is -0.356 e. The Hall–Kier alpha value is -2.55. The average Bonchev–Trinajstić information content (AvgIpc) is 3.10. The van der Waals surface area contributed by atoms with Gasteiger partial charge in [-0.25, -0.2) is 0 Å². The number of nitrogens with zero attached hydrogens (tertiary/aromatic N) is 1. The van der Waals surface area contributed by atoms with E-state index < -0.39 is 0 Å². The van der Waals surface area contributed by atoms with Crippen molar-refractivity contribution in [2.75, 3.05) is 19.6 Å². The van der Waals surface area contributed by atoms with E-state index in [4.69, 9.17) is 0 Å². The summed E-state index contributed by atoms with van der Waals surface area (Å²) < 4.78 is 0. The van der Waals surface area contributed by atoms with E-state index in [1.54, 1.807) is 0 Å². The van der Waals surface area contributed by atoms with Crippen LogP contribution in [0.3, 0.4) is 0 Å². The Bertz CT molecular complexity index is 603. The van der Waals surface area contributed by atoms with Crippen molar-refractivity contribution in [3.05, 3.63) is 77.9 Å². The van der Waals surface area contributed by atoms with Crippen molar-refractivity contribution in [1.82, 2.24) is 10.6 Å². The van der Waals surface area contributed by atoms with Crippen molar-refractivity contribution in [3.63, 3.8) is 0 Å². The van der Waals surface area contributed by atoms with Crippen molar-refractivity contribution in [2.24, 2.45) is 4.99 Å². The van der Waals surface area contributed by atoms with Gasteiger partial charge in [0.25, 0.3) is 0 Å². The standard InChI is InChI=1S/C19H21N3/c1-3-8-16(9-4-1)18(17-10-5-2-6-11-17)12-7-13-20-19-21-14-15-22-19/h1-6,8-12H,7,13-15H2,(H2,20,21,22). The SMILES string of the molecule is C(CCNC1=NCCN1)=C(c1ccccc1)c1ccccc1. The second-order valence-electron chi connectivity index (χ2n) is 5.22. The van der Waals surface area contributed by atoms with Gasteiger partial charge in [0.05, 0.1) is 6.54 Å². The number of guanidine groups is 1. The Kier molecular flexibility index (Phi) is 4.88. The van der Waals surface area contributed by atoms with Crippen LogP contribution in [-0.2, 0) is 0 Å². The predicted molar refractivity (Wildman–Crippen MR) is 92.9 cm³/mol. The van der Waals surface area contributed by atoms with Crippen LogP contribution in [-0.4, -0.2) is 25.6 Å². The van der Waals surface area contributed by atoms with E-state index in [1.807, 2.05) is 0 Å². The molecule has 0 aliphatic carbocycles. The first-order valence-electron chi connectivity index (χ1n) is 7.77. The van der Waals surface area contributed by atoms with Gasteiger partial charge in [0.1, 0.15) is 0 Å². The molecule has 0 saturated carbocycles. The zero-order chi connectivity index (χ0) is 15.0. The summed E-state index contributed by atoms with van der Waals surface area (Å²) >= 11 is 0. The second-order valence-corrected chi connectivity index (χ2v) is 5.22. The summed E-state index contributed by atoms with van der Waals surface area (Å²) in [6, 6.07) is 21.1. The molecule has 3 heteroatoms. The molecule has 1 heterocycles. The van der Waals surface area contributed by atoms with Crippen LogP contribution in [0, 0.1) is 0 Å². The minimum atomic E-state index is 0.872. The highest BCUT2D eigenvalue weighted by Gasteiger charge is 2.05. The highest BCUT2D eigenvalue weighted by Crippen LogP contribution is 2.23. The third-order valence-electron chi connectivity index (χ3n) is 3.63. The molecule has 3 nitrogen and oxygen atoms in total. The van der Waals surface area contributed by atoms with Crippen LogP contribution in [0.4, 0.5) is 0 Å². The Morgan fingerprint density at radius 2 is 1.64 bits per heavy atom. The fourth-order valence-corrected chi connectivity index (χ4v) is 2.56. The van der Waals surface area contributed by atoms with Gasteiger partial charge in [0.2, 0.25) is 0 Å². The molecular formula is C19H21N3. The summed E-state index contributed by atoms with van der Waals surface area (Å²) in [5.74, 6) is 0.925. The van der Waals surface area contributed by atoms with Crippen molar-refractivity contribution >= 4 is 11.5 Å². The summed E-state index contributed by atoms with van der Waals surface area (Å²) in [6.07, 6.45) is 3.26. The number of hydrogen-bond acceptors (Lipinski definition) is 3. The van der Waals surface area contributed by atoms with Crippen LogP contribution >= 0.6 is 0 Å². The first-order valence-corrected chi connectivity index (χ1v) is 7.77. The Morgan fingerprint density at radius 1 is 1.00 bits per heavy atom. The summed E-state index contributed by atoms with van der Waals surface area (Å²) in [6.45, 7) is 2.70. The molecule has 3 rings (SSSR count). The average molecular weight is 291 g/mol. The van der Waals surface area contributed by atoms with Crippen LogP contribution in [0.15, 0.2) is 71.7 Å². The number of rotatable bonds is 5. The van der Waals surface area contributed by atoms with Crippen LogP contribution in [0.2, 0.25) is 0 Å². The van der Waals surface area contributed by atoms with Gasteiger partial charge in [0, 0.05) is 13.1 Å². The van der Waals surface area contributed by atoms with Gasteiger partial charge in [-0.15, -0.1) is 0 Å². The molecule has 0 bridgehead atoms. The summed E-state index contributed by atoms with van der Waals surface area (Å²) in [5, 5.41) is 6.56. The van der Waals surface area contributed by atoms with Crippen molar-refractivity contribution < 1.29 is 0 Å². The minimum absolute atomic E-state index is 0.872. The van der Waals surface area contributed by atoms with Crippen LogP contribution in [0.1, 0.15) is 17.5 Å². The zero-order valence-electron chi connectivity index (χ0n) is 12.6. The monoisotopic (exact) mass is 291 g/mol. The summed E-state index contributed by atoms with van der Waals surface area (Å²) in [7, 11) is 0. The summed E-state index contributed by atoms with van der Waals surface area (Å²) in [4.78, 5) is 4.34. The highest BCUT2D eigenvalue weighted by molar-refractivity contribution is 5.81. The zero-order valence-corrected chi connectivity index (χ0v) is 12.6. The lowest BCUT2D eigenvalue weighted by Gasteiger charge is -2.09. The molecular weight excluding hydrogens is 270 g/mol. The fraction of sp³-hybridized carbons (Fsp3) is 0.211. The maximum atomic E-state index is 4.34. The molecule has 0 aromatic heterocycles. The van der Waals surface area contributed by atoms with E-state index >= 15 is 0 Å². The van der Waals surface area contributed by atoms with Crippen molar-refractivity contribution in [2.45, 2.75) is 6.42 Å². The number of hydrogen-bond donors (Lipinski definition) is 2. The smallest absolute Gasteiger partial charge is 0.191 e. The van der Waals surface area contributed by atoms with Crippen LogP contribution in [0.25, 0.3) is 5.57 Å². The predicted octanol–water partition coefficient (Wildman–Crippen LogP) is 3.06. The molecule has 22 heavy (non-hydrogen) atoms. The highest BCUT2D eigenvalue weighted by atomic mass is 15.2. The van der Waals surface area contributed by atoms with E-state index in [0.717, 1.165) is 32.0 Å². The molecule has 0 amide bonds. The topological polar surface area (TPSA) is 36.4 Å². The lowest BCUT2D eigenvalue weighted by atomic mass is 9.97. The molecule has 0 saturated heterocycles. The van der Waals surface area contributed by atoms with E-state index in [1.165, 1.54) is 16.7 Å². The van der Waals surface area contributed by atoms with E-state index in [9.17, 15) is 0 Å². The lowest BCUT2D eigenvalue weighted by Crippen LogP contribution is -2.34. The Balaban J connectivity index is 1.72. The third kappa shape index (κ3) is 3.76. The molecule has 0 fully saturated rings. The van der Waals surface area contributed by atoms with Gasteiger partial charge in [-0.05, 0) is 23.1 Å². The quantitative estimate of drug-likeness (QED) is 0.831. The van der Waals surface area contributed by atoms with Gasteiger partial charge in [0.15, 0.2) is 5.96 Å². The van der Waals surface area contributed by atoms with Crippen molar-refractivity contribution in [3.8, 4) is 0 Å². The van der Waals surface area contributed by atoms with Crippen LogP contribution < -0.4 is 10.6 Å². The van der Waals surface area contributed by atoms with E-state index in [-0.39, 0.29) is 0 Å². The van der Waals surface area contributed by atoms with Gasteiger partial charge >= 0.3 is 0 Å². The Labute approximate surface area is 131 Å². The van der Waals surface area contributed by atoms with E-state index in [2.05, 4.69) is 82.4 Å². The molecule has 2 N–H and O–H groups in total. The lowest BCUT2D eigenvalue weighted by molar-refractivity contribution is 0.854.